The zero-order valence-corrected chi connectivity index (χ0v) is 9.77. The molecular formula is C10H20N2O4. The van der Waals surface area contributed by atoms with Crippen LogP contribution in [0.5, 0.6) is 0 Å². The minimum Gasteiger partial charge on any atom is -0.453 e. The molecule has 0 amide bonds. The van der Waals surface area contributed by atoms with Gasteiger partial charge in [0.25, 0.3) is 0 Å². The van der Waals surface area contributed by atoms with Gasteiger partial charge in [0, 0.05) is 13.1 Å². The summed E-state index contributed by atoms with van der Waals surface area (Å²) in [6.07, 6.45) is 0.226. The molecule has 2 unspecified atom stereocenters. The summed E-state index contributed by atoms with van der Waals surface area (Å²) in [5.41, 5.74) is 10.7. The Morgan fingerprint density at radius 3 is 1.44 bits per heavy atom. The van der Waals surface area contributed by atoms with Crippen molar-refractivity contribution < 1.29 is 19.1 Å². The van der Waals surface area contributed by atoms with Crippen LogP contribution in [-0.2, 0) is 19.1 Å². The third-order valence-corrected chi connectivity index (χ3v) is 2.15. The number of rotatable bonds is 6. The van der Waals surface area contributed by atoms with Gasteiger partial charge in [-0.25, -0.2) is 9.59 Å². The summed E-state index contributed by atoms with van der Waals surface area (Å²) >= 11 is 0. The highest BCUT2D eigenvalue weighted by atomic mass is 16.6. The number of ether oxygens (including phenoxy) is 2. The molecule has 6 heteroatoms. The number of carbonyl (C=O) groups is 2. The van der Waals surface area contributed by atoms with Gasteiger partial charge in [0.2, 0.25) is 0 Å². The van der Waals surface area contributed by atoms with E-state index in [1.807, 2.05) is 13.8 Å². The Bertz CT molecular complexity index is 201. The zero-order chi connectivity index (χ0) is 12.6. The molecule has 6 nitrogen and oxygen atoms in total. The summed E-state index contributed by atoms with van der Waals surface area (Å²) in [7, 11) is 0. The van der Waals surface area contributed by atoms with E-state index in [1.165, 1.54) is 0 Å². The van der Waals surface area contributed by atoms with E-state index in [1.54, 1.807) is 0 Å². The first kappa shape index (κ1) is 14.9. The van der Waals surface area contributed by atoms with Crippen LogP contribution in [0.1, 0.15) is 26.7 Å². The monoisotopic (exact) mass is 232 g/mol. The number of esters is 2. The second-order valence-electron chi connectivity index (χ2n) is 3.34. The van der Waals surface area contributed by atoms with E-state index in [-0.39, 0.29) is 13.1 Å². The predicted octanol–water partition coefficient (Wildman–Crippen LogP) is -0.453. The molecular weight excluding hydrogens is 212 g/mol. The van der Waals surface area contributed by atoms with Gasteiger partial charge in [-0.15, -0.1) is 0 Å². The maximum atomic E-state index is 11.2. The van der Waals surface area contributed by atoms with Crippen LogP contribution in [0, 0.1) is 0 Å². The van der Waals surface area contributed by atoms with Gasteiger partial charge in [-0.3, -0.25) is 0 Å². The molecule has 0 aromatic rings. The second-order valence-corrected chi connectivity index (χ2v) is 3.34. The second kappa shape index (κ2) is 8.06. The van der Waals surface area contributed by atoms with Gasteiger partial charge in [0.05, 0.1) is 0 Å². The van der Waals surface area contributed by atoms with E-state index in [0.717, 1.165) is 0 Å². The van der Waals surface area contributed by atoms with Gasteiger partial charge in [0.15, 0.2) is 0 Å². The number of carbonyl (C=O) groups excluding carboxylic acids is 2. The molecule has 0 bridgehead atoms. The summed E-state index contributed by atoms with van der Waals surface area (Å²) in [6.45, 7) is 3.99. The molecule has 16 heavy (non-hydrogen) atoms. The summed E-state index contributed by atoms with van der Waals surface area (Å²) in [4.78, 5) is 22.5. The minimum absolute atomic E-state index is 0.184. The highest BCUT2D eigenvalue weighted by Crippen LogP contribution is 2.01. The molecule has 0 radical (unpaired) electrons. The van der Waals surface area contributed by atoms with Gasteiger partial charge < -0.3 is 20.9 Å². The van der Waals surface area contributed by atoms with E-state index < -0.39 is 24.1 Å². The fourth-order valence-electron chi connectivity index (χ4n) is 0.995. The van der Waals surface area contributed by atoms with Crippen LogP contribution >= 0.6 is 0 Å². The summed E-state index contributed by atoms with van der Waals surface area (Å²) in [5, 5.41) is 0. The topological polar surface area (TPSA) is 105 Å². The lowest BCUT2D eigenvalue weighted by atomic mass is 10.3. The first-order valence-electron chi connectivity index (χ1n) is 5.40. The zero-order valence-electron chi connectivity index (χ0n) is 9.77. The van der Waals surface area contributed by atoms with Crippen LogP contribution in [0.25, 0.3) is 0 Å². The van der Waals surface area contributed by atoms with Crippen molar-refractivity contribution in [2.24, 2.45) is 11.5 Å². The third kappa shape index (κ3) is 5.09. The maximum Gasteiger partial charge on any atom is 0.417 e. The van der Waals surface area contributed by atoms with Crippen LogP contribution in [0.4, 0.5) is 0 Å². The van der Waals surface area contributed by atoms with Crippen molar-refractivity contribution in [3.05, 3.63) is 0 Å². The first-order chi connectivity index (χ1) is 7.58. The van der Waals surface area contributed by atoms with Crippen LogP contribution in [0.3, 0.4) is 0 Å². The molecule has 0 aromatic heterocycles. The van der Waals surface area contributed by atoms with Crippen molar-refractivity contribution in [2.75, 3.05) is 13.1 Å². The molecule has 94 valence electrons. The lowest BCUT2D eigenvalue weighted by molar-refractivity contribution is -0.173. The highest BCUT2D eigenvalue weighted by Gasteiger charge is 2.23. The van der Waals surface area contributed by atoms with Crippen LogP contribution in [0.2, 0.25) is 0 Å². The average Bonchev–Trinajstić information content (AvgIpc) is 2.32. The molecule has 0 saturated carbocycles. The van der Waals surface area contributed by atoms with Crippen LogP contribution < -0.4 is 11.5 Å². The lowest BCUT2D eigenvalue weighted by Crippen LogP contribution is -2.34. The molecule has 0 aliphatic rings. The molecule has 0 fully saturated rings. The number of hydrogen-bond donors (Lipinski definition) is 2. The SMILES string of the molecule is CCC(CN)OC(=O)C(=O)OC(CC)CN. The van der Waals surface area contributed by atoms with Crippen molar-refractivity contribution >= 4 is 11.9 Å². The Kier molecular flexibility index (Phi) is 7.49. The number of nitrogens with two attached hydrogens (primary N) is 2. The molecule has 0 rings (SSSR count). The largest absolute Gasteiger partial charge is 0.453 e. The van der Waals surface area contributed by atoms with Crippen molar-refractivity contribution in [1.82, 2.24) is 0 Å². The van der Waals surface area contributed by atoms with Crippen LogP contribution in [0.15, 0.2) is 0 Å². The fraction of sp³-hybridized carbons (Fsp3) is 0.800. The minimum atomic E-state index is -1.01. The first-order valence-corrected chi connectivity index (χ1v) is 5.40. The van der Waals surface area contributed by atoms with E-state index in [0.29, 0.717) is 12.8 Å². The van der Waals surface area contributed by atoms with Crippen LogP contribution in [-0.4, -0.2) is 37.2 Å². The van der Waals surface area contributed by atoms with E-state index in [2.05, 4.69) is 0 Å². The van der Waals surface area contributed by atoms with Gasteiger partial charge in [-0.1, -0.05) is 13.8 Å². The van der Waals surface area contributed by atoms with Gasteiger partial charge in [-0.2, -0.15) is 0 Å². The molecule has 0 saturated heterocycles. The van der Waals surface area contributed by atoms with Crippen molar-refractivity contribution in [1.29, 1.82) is 0 Å². The normalized spacial score (nSPS) is 14.0. The van der Waals surface area contributed by atoms with E-state index >= 15 is 0 Å². The quantitative estimate of drug-likeness (QED) is 0.474. The van der Waals surface area contributed by atoms with E-state index in [4.69, 9.17) is 20.9 Å². The molecule has 0 aliphatic heterocycles. The average molecular weight is 232 g/mol. The maximum absolute atomic E-state index is 11.2. The Morgan fingerprint density at radius 2 is 1.25 bits per heavy atom. The fourth-order valence-corrected chi connectivity index (χ4v) is 0.995. The van der Waals surface area contributed by atoms with Gasteiger partial charge in [-0.05, 0) is 12.8 Å². The van der Waals surface area contributed by atoms with Crippen molar-refractivity contribution in [3.8, 4) is 0 Å². The van der Waals surface area contributed by atoms with Gasteiger partial charge in [0.1, 0.15) is 12.2 Å². The highest BCUT2D eigenvalue weighted by molar-refractivity contribution is 6.29. The Hall–Kier alpha value is -1.14. The third-order valence-electron chi connectivity index (χ3n) is 2.15. The molecule has 2 atom stereocenters. The summed E-state index contributed by atoms with van der Waals surface area (Å²) in [5.74, 6) is -2.02. The lowest BCUT2D eigenvalue weighted by Gasteiger charge is -2.16. The Labute approximate surface area is 95.3 Å². The molecule has 0 aliphatic carbocycles. The standard InChI is InChI=1S/C10H20N2O4/c1-3-7(5-11)15-9(13)10(14)16-8(4-2)6-12/h7-8H,3-6,11-12H2,1-2H3. The molecule has 0 aromatic carbocycles. The van der Waals surface area contributed by atoms with Crippen molar-refractivity contribution in [2.45, 2.75) is 38.9 Å². The number of hydrogen-bond acceptors (Lipinski definition) is 6. The molecule has 0 spiro atoms. The molecule has 4 N–H and O–H groups in total. The smallest absolute Gasteiger partial charge is 0.417 e. The van der Waals surface area contributed by atoms with Crippen molar-refractivity contribution in [3.63, 3.8) is 0 Å². The Balaban J connectivity index is 4.12. The van der Waals surface area contributed by atoms with Gasteiger partial charge >= 0.3 is 11.9 Å². The summed E-state index contributed by atoms with van der Waals surface area (Å²) in [6, 6.07) is 0. The summed E-state index contributed by atoms with van der Waals surface area (Å²) < 4.78 is 9.64. The Morgan fingerprint density at radius 1 is 0.938 bits per heavy atom. The predicted molar refractivity (Wildman–Crippen MR) is 58.5 cm³/mol. The molecule has 0 heterocycles. The van der Waals surface area contributed by atoms with E-state index in [9.17, 15) is 9.59 Å².